The predicted octanol–water partition coefficient (Wildman–Crippen LogP) is 0.711. The van der Waals surface area contributed by atoms with Crippen molar-refractivity contribution in [3.8, 4) is 0 Å². The van der Waals surface area contributed by atoms with Crippen LogP contribution in [0.1, 0.15) is 30.1 Å². The van der Waals surface area contributed by atoms with Gasteiger partial charge in [-0.15, -0.1) is 0 Å². The Morgan fingerprint density at radius 1 is 1.74 bits per heavy atom. The van der Waals surface area contributed by atoms with Crippen molar-refractivity contribution in [1.29, 1.82) is 0 Å². The largest absolute Gasteiger partial charge is 0.468 e. The van der Waals surface area contributed by atoms with Crippen molar-refractivity contribution in [2.24, 2.45) is 7.05 Å². The van der Waals surface area contributed by atoms with E-state index >= 15 is 0 Å². The van der Waals surface area contributed by atoms with E-state index in [2.05, 4.69) is 10.4 Å². The highest BCUT2D eigenvalue weighted by atomic mass is 16.5. The van der Waals surface area contributed by atoms with Gasteiger partial charge in [0.15, 0.2) is 0 Å². The first-order valence-corrected chi connectivity index (χ1v) is 6.54. The molecular weight excluding hydrogens is 246 g/mol. The van der Waals surface area contributed by atoms with Gasteiger partial charge in [0.2, 0.25) is 0 Å². The van der Waals surface area contributed by atoms with Gasteiger partial charge < -0.3 is 9.47 Å². The van der Waals surface area contributed by atoms with Crippen molar-refractivity contribution < 1.29 is 14.3 Å². The Morgan fingerprint density at radius 2 is 2.53 bits per heavy atom. The molecular formula is C13H21N3O3. The van der Waals surface area contributed by atoms with E-state index < -0.39 is 6.04 Å². The fourth-order valence-corrected chi connectivity index (χ4v) is 2.29. The number of carbonyl (C=O) groups excluding carboxylic acids is 1. The van der Waals surface area contributed by atoms with E-state index in [1.165, 1.54) is 7.11 Å². The SMILES string of the molecule is COC(=O)C(NCC1CCCO1)c1cnn(C)c1C. The van der Waals surface area contributed by atoms with Gasteiger partial charge in [-0.2, -0.15) is 5.10 Å². The maximum absolute atomic E-state index is 11.9. The van der Waals surface area contributed by atoms with E-state index in [9.17, 15) is 4.79 Å². The van der Waals surface area contributed by atoms with Crippen LogP contribution in [0.3, 0.4) is 0 Å². The fourth-order valence-electron chi connectivity index (χ4n) is 2.29. The van der Waals surface area contributed by atoms with Crippen LogP contribution in [-0.2, 0) is 21.3 Å². The van der Waals surface area contributed by atoms with Crippen molar-refractivity contribution in [3.63, 3.8) is 0 Å². The van der Waals surface area contributed by atoms with Crippen LogP contribution in [0.5, 0.6) is 0 Å². The second-order valence-corrected chi connectivity index (χ2v) is 4.81. The molecule has 1 aromatic rings. The second kappa shape index (κ2) is 6.16. The molecule has 2 atom stereocenters. The maximum Gasteiger partial charge on any atom is 0.327 e. The molecule has 1 aromatic heterocycles. The lowest BCUT2D eigenvalue weighted by Crippen LogP contribution is -2.35. The van der Waals surface area contributed by atoms with Gasteiger partial charge in [-0.3, -0.25) is 10.00 Å². The Morgan fingerprint density at radius 3 is 3.05 bits per heavy atom. The summed E-state index contributed by atoms with van der Waals surface area (Å²) in [5.41, 5.74) is 1.81. The summed E-state index contributed by atoms with van der Waals surface area (Å²) < 4.78 is 12.2. The van der Waals surface area contributed by atoms with Gasteiger partial charge in [0.1, 0.15) is 6.04 Å². The third-order valence-corrected chi connectivity index (χ3v) is 3.59. The Balaban J connectivity index is 2.07. The summed E-state index contributed by atoms with van der Waals surface area (Å²) >= 11 is 0. The average Bonchev–Trinajstić information content (AvgIpc) is 3.03. The van der Waals surface area contributed by atoms with Gasteiger partial charge in [0, 0.05) is 31.5 Å². The molecule has 0 aromatic carbocycles. The molecule has 6 nitrogen and oxygen atoms in total. The molecule has 2 unspecified atom stereocenters. The minimum atomic E-state index is -0.483. The first-order valence-electron chi connectivity index (χ1n) is 6.54. The normalized spacial score (nSPS) is 20.5. The summed E-state index contributed by atoms with van der Waals surface area (Å²) in [6.07, 6.45) is 4.01. The van der Waals surface area contributed by atoms with E-state index in [1.54, 1.807) is 10.9 Å². The number of carbonyl (C=O) groups is 1. The summed E-state index contributed by atoms with van der Waals surface area (Å²) in [5, 5.41) is 7.40. The Labute approximate surface area is 113 Å². The van der Waals surface area contributed by atoms with E-state index in [4.69, 9.17) is 9.47 Å². The zero-order valence-corrected chi connectivity index (χ0v) is 11.7. The van der Waals surface area contributed by atoms with Crippen LogP contribution in [0.25, 0.3) is 0 Å². The summed E-state index contributed by atoms with van der Waals surface area (Å²) in [6.45, 7) is 3.39. The second-order valence-electron chi connectivity index (χ2n) is 4.81. The minimum Gasteiger partial charge on any atom is -0.468 e. The average molecular weight is 267 g/mol. The third kappa shape index (κ3) is 3.13. The summed E-state index contributed by atoms with van der Waals surface area (Å²) in [5.74, 6) is -0.297. The maximum atomic E-state index is 11.9. The molecule has 1 N–H and O–H groups in total. The van der Waals surface area contributed by atoms with E-state index in [1.807, 2.05) is 14.0 Å². The molecule has 1 saturated heterocycles. The Hall–Kier alpha value is -1.40. The number of aryl methyl sites for hydroxylation is 1. The number of esters is 1. The van der Waals surface area contributed by atoms with Crippen molar-refractivity contribution in [2.75, 3.05) is 20.3 Å². The molecule has 0 amide bonds. The van der Waals surface area contributed by atoms with Crippen molar-refractivity contribution in [3.05, 3.63) is 17.5 Å². The fraction of sp³-hybridized carbons (Fsp3) is 0.692. The van der Waals surface area contributed by atoms with Gasteiger partial charge in [-0.25, -0.2) is 4.79 Å². The third-order valence-electron chi connectivity index (χ3n) is 3.59. The molecule has 0 aliphatic carbocycles. The molecule has 2 heterocycles. The standard InChI is InChI=1S/C13H21N3O3/c1-9-11(8-15-16(9)2)12(13(17)18-3)14-7-10-5-4-6-19-10/h8,10,12,14H,4-7H2,1-3H3. The lowest BCUT2D eigenvalue weighted by atomic mass is 10.1. The molecule has 1 aliphatic heterocycles. The number of nitrogens with zero attached hydrogens (tertiary/aromatic N) is 2. The quantitative estimate of drug-likeness (QED) is 0.796. The minimum absolute atomic E-state index is 0.184. The first kappa shape index (κ1) is 14.0. The summed E-state index contributed by atoms with van der Waals surface area (Å²) in [4.78, 5) is 11.9. The van der Waals surface area contributed by atoms with E-state index in [0.717, 1.165) is 30.7 Å². The molecule has 0 spiro atoms. The molecule has 6 heteroatoms. The molecule has 2 rings (SSSR count). The van der Waals surface area contributed by atoms with Crippen molar-refractivity contribution >= 4 is 5.97 Å². The monoisotopic (exact) mass is 267 g/mol. The van der Waals surface area contributed by atoms with Crippen LogP contribution in [0.15, 0.2) is 6.20 Å². The van der Waals surface area contributed by atoms with Gasteiger partial charge in [-0.1, -0.05) is 0 Å². The Kier molecular flexibility index (Phi) is 4.55. The molecule has 0 radical (unpaired) electrons. The smallest absolute Gasteiger partial charge is 0.327 e. The number of methoxy groups -OCH3 is 1. The molecule has 0 saturated carbocycles. The molecule has 0 bridgehead atoms. The van der Waals surface area contributed by atoms with E-state index in [0.29, 0.717) is 6.54 Å². The first-order chi connectivity index (χ1) is 9.13. The number of aromatic nitrogens is 2. The highest BCUT2D eigenvalue weighted by Gasteiger charge is 2.26. The molecule has 1 fully saturated rings. The Bertz CT molecular complexity index is 438. The van der Waals surface area contributed by atoms with Crippen molar-refractivity contribution in [2.45, 2.75) is 31.9 Å². The number of ether oxygens (including phenoxy) is 2. The van der Waals surface area contributed by atoms with Crippen LogP contribution >= 0.6 is 0 Å². The number of hydrogen-bond acceptors (Lipinski definition) is 5. The van der Waals surface area contributed by atoms with Crippen LogP contribution in [0.4, 0.5) is 0 Å². The van der Waals surface area contributed by atoms with Crippen LogP contribution in [-0.4, -0.2) is 42.1 Å². The van der Waals surface area contributed by atoms with Gasteiger partial charge in [0.05, 0.1) is 19.4 Å². The molecule has 1 aliphatic rings. The highest BCUT2D eigenvalue weighted by molar-refractivity contribution is 5.77. The summed E-state index contributed by atoms with van der Waals surface area (Å²) in [6, 6.07) is -0.483. The molecule has 19 heavy (non-hydrogen) atoms. The van der Waals surface area contributed by atoms with Crippen LogP contribution < -0.4 is 5.32 Å². The summed E-state index contributed by atoms with van der Waals surface area (Å²) in [7, 11) is 3.25. The number of nitrogens with one attached hydrogen (secondary N) is 1. The molecule has 106 valence electrons. The van der Waals surface area contributed by atoms with Crippen LogP contribution in [0, 0.1) is 6.92 Å². The van der Waals surface area contributed by atoms with E-state index in [-0.39, 0.29) is 12.1 Å². The zero-order valence-electron chi connectivity index (χ0n) is 11.7. The van der Waals surface area contributed by atoms with Gasteiger partial charge in [0.25, 0.3) is 0 Å². The highest BCUT2D eigenvalue weighted by Crippen LogP contribution is 2.19. The zero-order chi connectivity index (χ0) is 13.8. The van der Waals surface area contributed by atoms with Crippen molar-refractivity contribution in [1.82, 2.24) is 15.1 Å². The lowest BCUT2D eigenvalue weighted by molar-refractivity contribution is -0.143. The van der Waals surface area contributed by atoms with Gasteiger partial charge >= 0.3 is 5.97 Å². The lowest BCUT2D eigenvalue weighted by Gasteiger charge is -2.18. The van der Waals surface area contributed by atoms with Crippen LogP contribution in [0.2, 0.25) is 0 Å². The predicted molar refractivity (Wildman–Crippen MR) is 69.7 cm³/mol. The topological polar surface area (TPSA) is 65.4 Å². The number of rotatable bonds is 5. The van der Waals surface area contributed by atoms with Gasteiger partial charge in [-0.05, 0) is 19.8 Å². The number of hydrogen-bond donors (Lipinski definition) is 1.